The van der Waals surface area contributed by atoms with Crippen LogP contribution in [0.3, 0.4) is 0 Å². The predicted octanol–water partition coefficient (Wildman–Crippen LogP) is 2.77. The van der Waals surface area contributed by atoms with E-state index in [0.717, 1.165) is 18.7 Å². The number of hydrogen-bond acceptors (Lipinski definition) is 5. The van der Waals surface area contributed by atoms with E-state index >= 15 is 0 Å². The zero-order valence-electron chi connectivity index (χ0n) is 13.8. The van der Waals surface area contributed by atoms with Gasteiger partial charge in [0.2, 0.25) is 0 Å². The van der Waals surface area contributed by atoms with E-state index in [1.54, 1.807) is 19.9 Å². The summed E-state index contributed by atoms with van der Waals surface area (Å²) in [7, 11) is -3.27. The van der Waals surface area contributed by atoms with Crippen LogP contribution >= 0.6 is 11.6 Å². The van der Waals surface area contributed by atoms with E-state index in [0.29, 0.717) is 36.0 Å². The number of rotatable bonds is 3. The summed E-state index contributed by atoms with van der Waals surface area (Å²) < 4.78 is 29.0. The molecular weight excluding hydrogens is 336 g/mol. The van der Waals surface area contributed by atoms with Crippen molar-refractivity contribution < 1.29 is 13.2 Å². The Morgan fingerprint density at radius 2 is 1.87 bits per heavy atom. The van der Waals surface area contributed by atoms with Crippen molar-refractivity contribution in [2.24, 2.45) is 0 Å². The highest BCUT2D eigenvalue weighted by Gasteiger charge is 2.38. The summed E-state index contributed by atoms with van der Waals surface area (Å²) >= 11 is 6.22. The number of aromatic nitrogens is 1. The summed E-state index contributed by atoms with van der Waals surface area (Å²) in [6.07, 6.45) is 4.58. The minimum atomic E-state index is -3.27. The first-order valence-corrected chi connectivity index (χ1v) is 10.2. The highest BCUT2D eigenvalue weighted by molar-refractivity contribution is 7.91. The van der Waals surface area contributed by atoms with E-state index in [2.05, 4.69) is 9.88 Å². The Kier molecular flexibility index (Phi) is 4.36. The van der Waals surface area contributed by atoms with Gasteiger partial charge >= 0.3 is 0 Å². The highest BCUT2D eigenvalue weighted by Crippen LogP contribution is 2.36. The average molecular weight is 359 g/mol. The van der Waals surface area contributed by atoms with Crippen LogP contribution in [-0.4, -0.2) is 45.0 Å². The van der Waals surface area contributed by atoms with Crippen LogP contribution in [0.2, 0.25) is 5.15 Å². The van der Waals surface area contributed by atoms with Gasteiger partial charge in [0, 0.05) is 6.26 Å². The molecule has 5 nitrogen and oxygen atoms in total. The number of fused-ring (bicyclic) bond motifs is 2. The molecule has 2 aliphatic heterocycles. The maximum atomic E-state index is 12.2. The number of anilines is 1. The molecule has 2 saturated heterocycles. The summed E-state index contributed by atoms with van der Waals surface area (Å²) in [6, 6.07) is 4.12. The third-order valence-electron chi connectivity index (χ3n) is 5.15. The van der Waals surface area contributed by atoms with E-state index < -0.39 is 14.6 Å². The minimum absolute atomic E-state index is 0.294. The third kappa shape index (κ3) is 3.08. The van der Waals surface area contributed by atoms with E-state index in [1.807, 2.05) is 6.07 Å². The van der Waals surface area contributed by atoms with E-state index in [4.69, 9.17) is 16.3 Å². The Bertz CT molecular complexity index is 683. The van der Waals surface area contributed by atoms with Gasteiger partial charge in [0.25, 0.3) is 0 Å². The largest absolute Gasteiger partial charge is 0.377 e. The Morgan fingerprint density at radius 1 is 1.26 bits per heavy atom. The molecule has 7 heteroatoms. The number of hydrogen-bond donors (Lipinski definition) is 0. The molecule has 0 aliphatic carbocycles. The van der Waals surface area contributed by atoms with Crippen LogP contribution in [0.25, 0.3) is 0 Å². The van der Waals surface area contributed by atoms with Gasteiger partial charge in [-0.25, -0.2) is 13.4 Å². The van der Waals surface area contributed by atoms with Crippen molar-refractivity contribution in [3.8, 4) is 0 Å². The minimum Gasteiger partial charge on any atom is -0.377 e. The summed E-state index contributed by atoms with van der Waals surface area (Å²) in [6.45, 7) is 4.79. The molecule has 128 valence electrons. The van der Waals surface area contributed by atoms with Gasteiger partial charge in [-0.2, -0.15) is 0 Å². The first-order chi connectivity index (χ1) is 10.7. The lowest BCUT2D eigenvalue weighted by molar-refractivity contribution is 0.0458. The van der Waals surface area contributed by atoms with Crippen molar-refractivity contribution in [1.82, 2.24) is 4.98 Å². The summed E-state index contributed by atoms with van der Waals surface area (Å²) in [5, 5.41) is 0.332. The SMILES string of the molecule is CC(C)(c1cc(Cl)nc(N2C3CCCC2COC3)c1)S(C)(=O)=O. The summed E-state index contributed by atoms with van der Waals surface area (Å²) in [5.41, 5.74) is 0.680. The first kappa shape index (κ1) is 17.0. The van der Waals surface area contributed by atoms with Gasteiger partial charge in [0.05, 0.1) is 30.0 Å². The number of piperidine rings is 1. The molecule has 2 atom stereocenters. The molecule has 1 aromatic heterocycles. The lowest BCUT2D eigenvalue weighted by Gasteiger charge is -2.46. The number of morpholine rings is 1. The van der Waals surface area contributed by atoms with E-state index in [-0.39, 0.29) is 0 Å². The Morgan fingerprint density at radius 3 is 2.43 bits per heavy atom. The summed E-state index contributed by atoms with van der Waals surface area (Å²) in [4.78, 5) is 6.76. The van der Waals surface area contributed by atoms with Crippen molar-refractivity contribution in [2.75, 3.05) is 24.4 Å². The average Bonchev–Trinajstić information content (AvgIpc) is 2.44. The van der Waals surface area contributed by atoms with Crippen LogP contribution in [0.4, 0.5) is 5.82 Å². The standard InChI is InChI=1S/C16H23ClN2O3S/c1-16(2,23(3,20)21)11-7-14(17)18-15(8-11)19-12-5-4-6-13(19)10-22-9-12/h7-8,12-13H,4-6,9-10H2,1-3H3. The molecule has 3 rings (SSSR count). The molecule has 2 fully saturated rings. The lowest BCUT2D eigenvalue weighted by atomic mass is 9.94. The zero-order chi connectivity index (χ0) is 16.8. The van der Waals surface area contributed by atoms with Crippen LogP contribution in [0.5, 0.6) is 0 Å². The molecule has 23 heavy (non-hydrogen) atoms. The zero-order valence-corrected chi connectivity index (χ0v) is 15.3. The van der Waals surface area contributed by atoms with Gasteiger partial charge in [0.15, 0.2) is 9.84 Å². The van der Waals surface area contributed by atoms with Crippen LogP contribution in [0, 0.1) is 0 Å². The lowest BCUT2D eigenvalue weighted by Crippen LogP contribution is -2.55. The van der Waals surface area contributed by atoms with Crippen LogP contribution in [0.1, 0.15) is 38.7 Å². The van der Waals surface area contributed by atoms with Gasteiger partial charge in [-0.15, -0.1) is 0 Å². The Hall–Kier alpha value is -0.850. The molecule has 1 aromatic rings. The van der Waals surface area contributed by atoms with Crippen LogP contribution < -0.4 is 4.90 Å². The van der Waals surface area contributed by atoms with Crippen molar-refractivity contribution >= 4 is 27.3 Å². The molecule has 0 aromatic carbocycles. The van der Waals surface area contributed by atoms with E-state index in [1.165, 1.54) is 12.7 Å². The monoisotopic (exact) mass is 358 g/mol. The van der Waals surface area contributed by atoms with Crippen molar-refractivity contribution in [3.63, 3.8) is 0 Å². The van der Waals surface area contributed by atoms with Gasteiger partial charge in [0.1, 0.15) is 11.0 Å². The molecule has 0 saturated carbocycles. The number of sulfone groups is 1. The van der Waals surface area contributed by atoms with Gasteiger partial charge in [-0.05, 0) is 50.8 Å². The second-order valence-electron chi connectivity index (χ2n) is 7.00. The number of nitrogens with zero attached hydrogens (tertiary/aromatic N) is 2. The third-order valence-corrected chi connectivity index (χ3v) is 7.43. The van der Waals surface area contributed by atoms with Gasteiger partial charge in [-0.3, -0.25) is 0 Å². The molecule has 3 heterocycles. The molecule has 0 N–H and O–H groups in total. The maximum absolute atomic E-state index is 12.2. The highest BCUT2D eigenvalue weighted by atomic mass is 35.5. The van der Waals surface area contributed by atoms with Crippen LogP contribution in [-0.2, 0) is 19.3 Å². The smallest absolute Gasteiger partial charge is 0.156 e. The van der Waals surface area contributed by atoms with Gasteiger partial charge in [-0.1, -0.05) is 11.6 Å². The molecule has 0 amide bonds. The molecule has 2 aliphatic rings. The fourth-order valence-electron chi connectivity index (χ4n) is 3.38. The Balaban J connectivity index is 2.05. The maximum Gasteiger partial charge on any atom is 0.156 e. The van der Waals surface area contributed by atoms with Crippen molar-refractivity contribution in [3.05, 3.63) is 22.8 Å². The molecule has 2 unspecified atom stereocenters. The summed E-state index contributed by atoms with van der Waals surface area (Å²) in [5.74, 6) is 0.766. The molecule has 0 spiro atoms. The normalized spacial score (nSPS) is 25.5. The molecule has 2 bridgehead atoms. The fraction of sp³-hybridized carbons (Fsp3) is 0.688. The first-order valence-electron chi connectivity index (χ1n) is 7.94. The second-order valence-corrected chi connectivity index (χ2v) is 9.95. The van der Waals surface area contributed by atoms with Crippen molar-refractivity contribution in [1.29, 1.82) is 0 Å². The number of ether oxygens (including phenoxy) is 1. The van der Waals surface area contributed by atoms with E-state index in [9.17, 15) is 8.42 Å². The topological polar surface area (TPSA) is 59.5 Å². The number of pyridine rings is 1. The van der Waals surface area contributed by atoms with Crippen LogP contribution in [0.15, 0.2) is 12.1 Å². The Labute approximate surface area is 142 Å². The molecular formula is C16H23ClN2O3S. The van der Waals surface area contributed by atoms with Gasteiger partial charge < -0.3 is 9.64 Å². The molecule has 0 radical (unpaired) electrons. The van der Waals surface area contributed by atoms with Crippen molar-refractivity contribution in [2.45, 2.75) is 49.9 Å². The fourth-order valence-corrected chi connectivity index (χ4v) is 4.13. The quantitative estimate of drug-likeness (QED) is 0.777. The predicted molar refractivity (Wildman–Crippen MR) is 91.8 cm³/mol. The second kappa shape index (κ2) is 5.90. The number of halogens is 1.